The van der Waals surface area contributed by atoms with E-state index in [0.29, 0.717) is 6.42 Å². The first-order valence-corrected chi connectivity index (χ1v) is 10.8. The van der Waals surface area contributed by atoms with E-state index < -0.39 is 0 Å². The summed E-state index contributed by atoms with van der Waals surface area (Å²) in [6, 6.07) is 19.6. The third-order valence-corrected chi connectivity index (χ3v) is 4.43. The first-order chi connectivity index (χ1) is 15.1. The molecule has 0 amide bonds. The molecule has 4 heterocycles. The molecule has 0 radical (unpaired) electrons. The van der Waals surface area contributed by atoms with Crippen LogP contribution in [0.4, 0.5) is 0 Å². The van der Waals surface area contributed by atoms with E-state index in [2.05, 4.69) is 38.2 Å². The number of nitrogens with zero attached hydrogens (tertiary/aromatic N) is 4. The van der Waals surface area contributed by atoms with Gasteiger partial charge in [-0.05, 0) is 43.2 Å². The van der Waals surface area contributed by atoms with Gasteiger partial charge in [-0.1, -0.05) is 13.0 Å². The standard InChI is InChI=1S/C11H10N2.C10H7N2.C4H8O.Ru/c1-9-5-7-13-11(8-9)10-4-2-3-6-12-10;1-3-7-11-9(5-1)10-6-2-4-8-12-10;1-2-3-4-5;/h2-8H,1H3;1,3-8H;4H,2-3H2,1H3;. The summed E-state index contributed by atoms with van der Waals surface area (Å²) in [6.07, 6.45) is 9.76. The van der Waals surface area contributed by atoms with Gasteiger partial charge in [-0.3, -0.25) is 9.97 Å². The Kier molecular flexibility index (Phi) is 10.9. The number of unbranched alkanes of at least 4 members (excludes halogenated alkanes) is 1. The van der Waals surface area contributed by atoms with Crippen LogP contribution in [0.15, 0.2) is 85.5 Å². The van der Waals surface area contributed by atoms with E-state index in [1.54, 1.807) is 24.8 Å². The van der Waals surface area contributed by atoms with E-state index in [4.69, 9.17) is 0 Å². The minimum absolute atomic E-state index is 0.708. The number of rotatable bonds is 4. The van der Waals surface area contributed by atoms with Gasteiger partial charge in [0.1, 0.15) is 6.29 Å². The molecule has 0 aliphatic carbocycles. The van der Waals surface area contributed by atoms with Crippen LogP contribution >= 0.6 is 0 Å². The number of hydrogen-bond acceptors (Lipinski definition) is 5. The van der Waals surface area contributed by atoms with Crippen molar-refractivity contribution in [1.82, 2.24) is 19.9 Å². The second kappa shape index (κ2) is 14.0. The number of aromatic nitrogens is 4. The minimum atomic E-state index is 0.708. The van der Waals surface area contributed by atoms with Crippen molar-refractivity contribution in [1.29, 1.82) is 0 Å². The Bertz CT molecular complexity index is 962. The topological polar surface area (TPSA) is 68.6 Å². The van der Waals surface area contributed by atoms with Crippen molar-refractivity contribution in [2.24, 2.45) is 0 Å². The van der Waals surface area contributed by atoms with Gasteiger partial charge in [0.25, 0.3) is 0 Å². The van der Waals surface area contributed by atoms with Crippen molar-refractivity contribution >= 4 is 10.4 Å². The Morgan fingerprint density at radius 3 is 1.71 bits per heavy atom. The first-order valence-electron chi connectivity index (χ1n) is 9.93. The second-order valence-corrected chi connectivity index (χ2v) is 7.45. The molecule has 0 saturated heterocycles. The van der Waals surface area contributed by atoms with Crippen LogP contribution in [0.3, 0.4) is 0 Å². The predicted molar refractivity (Wildman–Crippen MR) is 120 cm³/mol. The summed E-state index contributed by atoms with van der Waals surface area (Å²) < 4.78 is 1.13. The van der Waals surface area contributed by atoms with Crippen LogP contribution < -0.4 is 4.16 Å². The quantitative estimate of drug-likeness (QED) is 0.300. The summed E-state index contributed by atoms with van der Waals surface area (Å²) in [5.41, 5.74) is 4.88. The Balaban J connectivity index is 0.000000182. The zero-order valence-corrected chi connectivity index (χ0v) is 19.4. The number of carbonyl (C=O) groups excluding carboxylic acids is 1. The van der Waals surface area contributed by atoms with Crippen molar-refractivity contribution in [2.75, 3.05) is 0 Å². The first kappa shape index (κ1) is 24.2. The fourth-order valence-electron chi connectivity index (χ4n) is 2.36. The van der Waals surface area contributed by atoms with Crippen LogP contribution in [0.1, 0.15) is 25.3 Å². The fourth-order valence-corrected chi connectivity index (χ4v) is 2.73. The molecule has 0 spiro atoms. The zero-order chi connectivity index (χ0) is 22.3. The number of hydrogen-bond donors (Lipinski definition) is 0. The van der Waals surface area contributed by atoms with Crippen LogP contribution in [-0.2, 0) is 23.1 Å². The molecule has 4 aromatic heterocycles. The van der Waals surface area contributed by atoms with E-state index in [9.17, 15) is 4.79 Å². The van der Waals surface area contributed by atoms with E-state index in [-0.39, 0.29) is 0 Å². The van der Waals surface area contributed by atoms with Crippen LogP contribution in [0, 0.1) is 6.92 Å². The van der Waals surface area contributed by atoms with Gasteiger partial charge in [0.05, 0.1) is 11.4 Å². The number of carbonyl (C=O) groups is 1. The Hall–Kier alpha value is -3.11. The zero-order valence-electron chi connectivity index (χ0n) is 17.6. The van der Waals surface area contributed by atoms with Crippen LogP contribution in [0.2, 0.25) is 0 Å². The molecule has 0 unspecified atom stereocenters. The summed E-state index contributed by atoms with van der Waals surface area (Å²) in [5.74, 6) is 0. The van der Waals surface area contributed by atoms with Crippen LogP contribution in [0.5, 0.6) is 0 Å². The molecule has 5 nitrogen and oxygen atoms in total. The molecule has 159 valence electrons. The van der Waals surface area contributed by atoms with Gasteiger partial charge in [0.2, 0.25) is 0 Å². The molecule has 0 aliphatic rings. The summed E-state index contributed by atoms with van der Waals surface area (Å²) in [6.45, 7) is 4.03. The third-order valence-electron chi connectivity index (χ3n) is 3.89. The number of pyridine rings is 4. The van der Waals surface area contributed by atoms with Crippen molar-refractivity contribution in [3.05, 3.63) is 91.0 Å². The van der Waals surface area contributed by atoms with Gasteiger partial charge < -0.3 is 4.79 Å². The van der Waals surface area contributed by atoms with Crippen molar-refractivity contribution in [2.45, 2.75) is 26.7 Å². The summed E-state index contributed by atoms with van der Waals surface area (Å²) >= 11 is 2.55. The maximum absolute atomic E-state index is 9.40. The molecular weight excluding hydrogens is 473 g/mol. The molecule has 0 atom stereocenters. The van der Waals surface area contributed by atoms with Gasteiger partial charge >= 0.3 is 86.5 Å². The van der Waals surface area contributed by atoms with E-state index >= 15 is 0 Å². The van der Waals surface area contributed by atoms with Gasteiger partial charge in [-0.2, -0.15) is 0 Å². The summed E-state index contributed by atoms with van der Waals surface area (Å²) in [4.78, 5) is 26.3. The van der Waals surface area contributed by atoms with Gasteiger partial charge in [-0.25, -0.2) is 0 Å². The fraction of sp³-hybridized carbons (Fsp3) is 0.160. The van der Waals surface area contributed by atoms with Crippen LogP contribution in [-0.4, -0.2) is 26.2 Å². The van der Waals surface area contributed by atoms with E-state index in [1.165, 1.54) is 5.56 Å². The second-order valence-electron chi connectivity index (χ2n) is 6.45. The van der Waals surface area contributed by atoms with Gasteiger partial charge in [0.15, 0.2) is 0 Å². The van der Waals surface area contributed by atoms with E-state index in [1.807, 2.05) is 74.5 Å². The molecule has 31 heavy (non-hydrogen) atoms. The molecule has 0 N–H and O–H groups in total. The monoisotopic (exact) mass is 499 g/mol. The molecule has 4 rings (SSSR count). The van der Waals surface area contributed by atoms with Crippen molar-refractivity contribution in [3.63, 3.8) is 0 Å². The number of aldehydes is 1. The molecule has 0 saturated carbocycles. The average Bonchev–Trinajstić information content (AvgIpc) is 2.82. The molecule has 0 aliphatic heterocycles. The summed E-state index contributed by atoms with van der Waals surface area (Å²) in [7, 11) is 0. The Morgan fingerprint density at radius 1 is 0.742 bits per heavy atom. The third kappa shape index (κ3) is 9.06. The number of aryl methyl sites for hydroxylation is 1. The SMILES string of the molecule is CCCC=O.Cc1ccnc(-c2ccccn2)c1.[Ru][c]1ccnc(-c2ccccn2)c1. The van der Waals surface area contributed by atoms with Crippen LogP contribution in [0.25, 0.3) is 22.8 Å². The molecule has 4 aromatic rings. The van der Waals surface area contributed by atoms with Gasteiger partial charge in [-0.15, -0.1) is 0 Å². The summed E-state index contributed by atoms with van der Waals surface area (Å²) in [5, 5.41) is 0. The van der Waals surface area contributed by atoms with Gasteiger partial charge in [0, 0.05) is 18.8 Å². The van der Waals surface area contributed by atoms with Crippen molar-refractivity contribution in [3.8, 4) is 22.8 Å². The Labute approximate surface area is 193 Å². The normalized spacial score (nSPS) is 9.52. The molecule has 0 fully saturated rings. The molecular formula is C25H25N4ORu. The molecule has 6 heteroatoms. The average molecular weight is 499 g/mol. The maximum atomic E-state index is 9.40. The molecule has 0 aromatic carbocycles. The van der Waals surface area contributed by atoms with E-state index in [0.717, 1.165) is 39.6 Å². The van der Waals surface area contributed by atoms with Crippen molar-refractivity contribution < 1.29 is 23.1 Å². The molecule has 0 bridgehead atoms. The Morgan fingerprint density at radius 2 is 1.29 bits per heavy atom. The predicted octanol–water partition coefficient (Wildman–Crippen LogP) is 4.75.